The van der Waals surface area contributed by atoms with E-state index in [1.807, 2.05) is 0 Å². The van der Waals surface area contributed by atoms with Gasteiger partial charge in [0.2, 0.25) is 0 Å². The number of carbonyl (C=O) groups excluding carboxylic acids is 3. The first-order valence-corrected chi connectivity index (χ1v) is 35.7. The Labute approximate surface area is 504 Å². The molecule has 0 fully saturated rings. The smallest absolute Gasteiger partial charge is 0.462 e. The second-order valence-electron chi connectivity index (χ2n) is 23.0. The molecule has 3 atom stereocenters. The van der Waals surface area contributed by atoms with Gasteiger partial charge in [0, 0.05) is 19.3 Å². The maximum absolute atomic E-state index is 13.0. The first-order valence-electron chi connectivity index (χ1n) is 34.2. The minimum Gasteiger partial charge on any atom is -0.462 e. The second-order valence-corrected chi connectivity index (χ2v) is 24.4. The number of aliphatic hydroxyl groups is 1. The van der Waals surface area contributed by atoms with E-state index in [1.54, 1.807) is 0 Å². The Morgan fingerprint density at radius 3 is 0.939 bits per heavy atom. The number of esters is 3. The SMILES string of the molecule is CCCCC/C=C\C/C=C\CCCCCCCCCCCC(=O)OCC(COP(=O)(O)OCC(CO)OC(=O)CCCCCCCCC/C=C\C/C=C\CCCCC)OC(=O)CCCCCCCCCCC/C=C\CCCCCCCC. The van der Waals surface area contributed by atoms with Crippen LogP contribution < -0.4 is 0 Å². The van der Waals surface area contributed by atoms with Gasteiger partial charge >= 0.3 is 25.7 Å². The third kappa shape index (κ3) is 61.7. The van der Waals surface area contributed by atoms with E-state index in [1.165, 1.54) is 180 Å². The van der Waals surface area contributed by atoms with Gasteiger partial charge in [0.1, 0.15) is 12.7 Å². The Balaban J connectivity index is 4.68. The minimum absolute atomic E-state index is 0.165. The number of ether oxygens (including phenoxy) is 3. The summed E-state index contributed by atoms with van der Waals surface area (Å²) in [4.78, 5) is 48.9. The molecule has 0 aliphatic heterocycles. The van der Waals surface area contributed by atoms with Gasteiger partial charge in [0.15, 0.2) is 6.10 Å². The van der Waals surface area contributed by atoms with Crippen LogP contribution in [0.3, 0.4) is 0 Å². The molecule has 0 heterocycles. The number of carbonyl (C=O) groups is 3. The van der Waals surface area contributed by atoms with Gasteiger partial charge in [-0.25, -0.2) is 4.57 Å². The van der Waals surface area contributed by atoms with Crippen LogP contribution in [0.2, 0.25) is 0 Å². The molecule has 0 aromatic heterocycles. The standard InChI is InChI=1S/C70H127O11P/c1-4-7-10-13-16-19-22-25-28-31-33-36-38-41-44-47-50-53-56-59-68(72)77-63-67(81-70(74)61-58-55-52-49-46-43-40-37-34-32-29-26-23-20-17-14-11-8-5-2)65-79-82(75,76)78-64-66(62-71)80-69(73)60-57-54-51-48-45-42-39-35-30-27-24-21-18-15-12-9-6-3/h16,18-19,21,25-30,66-67,71H,4-15,17,20,22-24,31-65H2,1-3H3,(H,75,76)/b19-16-,21-18-,28-25-,29-26-,30-27-. The molecular weight excluding hydrogens is 1050 g/mol. The lowest BCUT2D eigenvalue weighted by Crippen LogP contribution is -2.30. The summed E-state index contributed by atoms with van der Waals surface area (Å²) >= 11 is 0. The number of hydrogen-bond donors (Lipinski definition) is 2. The Kier molecular flexibility index (Phi) is 62.0. The lowest BCUT2D eigenvalue weighted by atomic mass is 10.1. The molecule has 12 heteroatoms. The zero-order chi connectivity index (χ0) is 59.8. The molecule has 3 unspecified atom stereocenters. The summed E-state index contributed by atoms with van der Waals surface area (Å²) in [5.41, 5.74) is 0. The third-order valence-electron chi connectivity index (χ3n) is 14.9. The molecule has 0 aliphatic rings. The van der Waals surface area contributed by atoms with Gasteiger partial charge in [-0.1, -0.05) is 261 Å². The molecule has 0 aromatic rings. The fraction of sp³-hybridized carbons (Fsp3) is 0.814. The van der Waals surface area contributed by atoms with Gasteiger partial charge < -0.3 is 24.2 Å². The molecule has 0 saturated carbocycles. The largest absolute Gasteiger partial charge is 0.472 e. The molecule has 0 spiro atoms. The van der Waals surface area contributed by atoms with Gasteiger partial charge in [-0.3, -0.25) is 23.4 Å². The second kappa shape index (κ2) is 64.2. The molecule has 0 bridgehead atoms. The molecule has 82 heavy (non-hydrogen) atoms. The summed E-state index contributed by atoms with van der Waals surface area (Å²) in [7, 11) is -4.76. The lowest BCUT2D eigenvalue weighted by Gasteiger charge is -2.21. The maximum Gasteiger partial charge on any atom is 0.472 e. The monoisotopic (exact) mass is 1170 g/mol. The molecule has 2 N–H and O–H groups in total. The van der Waals surface area contributed by atoms with Crippen molar-refractivity contribution < 1.29 is 52.2 Å². The molecular formula is C70H127O11P. The Hall–Kier alpha value is -2.82. The number of phosphoric acid groups is 1. The Bertz CT molecular complexity index is 1610. The molecule has 478 valence electrons. The molecule has 11 nitrogen and oxygen atoms in total. The molecule has 0 radical (unpaired) electrons. The number of aliphatic hydroxyl groups excluding tert-OH is 1. The molecule has 0 saturated heterocycles. The van der Waals surface area contributed by atoms with E-state index in [2.05, 4.69) is 81.5 Å². The van der Waals surface area contributed by atoms with E-state index in [9.17, 15) is 28.9 Å². The molecule has 0 rings (SSSR count). The van der Waals surface area contributed by atoms with Crippen LogP contribution in [0.4, 0.5) is 0 Å². The van der Waals surface area contributed by atoms with Crippen LogP contribution in [0, 0.1) is 0 Å². The van der Waals surface area contributed by atoms with E-state index < -0.39 is 57.8 Å². The predicted octanol–water partition coefficient (Wildman–Crippen LogP) is 21.0. The van der Waals surface area contributed by atoms with Crippen LogP contribution >= 0.6 is 7.82 Å². The highest BCUT2D eigenvalue weighted by Gasteiger charge is 2.28. The summed E-state index contributed by atoms with van der Waals surface area (Å²) in [6.07, 6.45) is 73.0. The van der Waals surface area contributed by atoms with Crippen LogP contribution in [-0.4, -0.2) is 66.5 Å². The predicted molar refractivity (Wildman–Crippen MR) is 344 cm³/mol. The highest BCUT2D eigenvalue weighted by atomic mass is 31.2. The highest BCUT2D eigenvalue weighted by molar-refractivity contribution is 7.47. The summed E-state index contributed by atoms with van der Waals surface area (Å²) in [5.74, 6) is -1.46. The van der Waals surface area contributed by atoms with E-state index in [0.29, 0.717) is 19.3 Å². The molecule has 0 aliphatic carbocycles. The van der Waals surface area contributed by atoms with Crippen molar-refractivity contribution in [3.63, 3.8) is 0 Å². The zero-order valence-electron chi connectivity index (χ0n) is 53.2. The van der Waals surface area contributed by atoms with Crippen molar-refractivity contribution in [1.82, 2.24) is 0 Å². The third-order valence-corrected chi connectivity index (χ3v) is 15.8. The van der Waals surface area contributed by atoms with Crippen LogP contribution in [0.5, 0.6) is 0 Å². The summed E-state index contributed by atoms with van der Waals surface area (Å²) in [6.45, 7) is 4.64. The van der Waals surface area contributed by atoms with E-state index in [0.717, 1.165) is 89.9 Å². The minimum atomic E-state index is -4.76. The quantitative estimate of drug-likeness (QED) is 0.0197. The van der Waals surface area contributed by atoms with Crippen LogP contribution in [0.1, 0.15) is 329 Å². The lowest BCUT2D eigenvalue weighted by molar-refractivity contribution is -0.161. The van der Waals surface area contributed by atoms with Gasteiger partial charge in [-0.05, 0) is 109 Å². The van der Waals surface area contributed by atoms with Crippen molar-refractivity contribution >= 4 is 25.7 Å². The fourth-order valence-corrected chi connectivity index (χ4v) is 10.4. The topological polar surface area (TPSA) is 155 Å². The molecule has 0 aromatic carbocycles. The highest BCUT2D eigenvalue weighted by Crippen LogP contribution is 2.43. The van der Waals surface area contributed by atoms with Crippen molar-refractivity contribution in [1.29, 1.82) is 0 Å². The first kappa shape index (κ1) is 79.2. The summed E-state index contributed by atoms with van der Waals surface area (Å²) in [5, 5.41) is 9.87. The molecule has 0 amide bonds. The summed E-state index contributed by atoms with van der Waals surface area (Å²) in [6, 6.07) is 0. The van der Waals surface area contributed by atoms with E-state index in [4.69, 9.17) is 23.3 Å². The van der Waals surface area contributed by atoms with Gasteiger partial charge in [-0.15, -0.1) is 0 Å². The normalized spacial score (nSPS) is 13.6. The van der Waals surface area contributed by atoms with Crippen LogP contribution in [0.25, 0.3) is 0 Å². The van der Waals surface area contributed by atoms with Crippen molar-refractivity contribution in [3.05, 3.63) is 60.8 Å². The van der Waals surface area contributed by atoms with Crippen LogP contribution in [0.15, 0.2) is 60.8 Å². The maximum atomic E-state index is 13.0. The Morgan fingerprint density at radius 2 is 0.598 bits per heavy atom. The van der Waals surface area contributed by atoms with E-state index in [-0.39, 0.29) is 25.9 Å². The van der Waals surface area contributed by atoms with Crippen molar-refractivity contribution in [3.8, 4) is 0 Å². The number of allylic oxidation sites excluding steroid dienone is 10. The van der Waals surface area contributed by atoms with E-state index >= 15 is 0 Å². The first-order chi connectivity index (χ1) is 40.2. The van der Waals surface area contributed by atoms with Crippen molar-refractivity contribution in [2.45, 2.75) is 341 Å². The number of rotatable bonds is 64. The number of phosphoric ester groups is 1. The van der Waals surface area contributed by atoms with Gasteiger partial charge in [-0.2, -0.15) is 0 Å². The Morgan fingerprint density at radius 1 is 0.341 bits per heavy atom. The average molecular weight is 1180 g/mol. The number of unbranched alkanes of at least 4 members (excludes halogenated alkanes) is 37. The zero-order valence-corrected chi connectivity index (χ0v) is 54.1. The summed E-state index contributed by atoms with van der Waals surface area (Å²) < 4.78 is 39.8. The van der Waals surface area contributed by atoms with Crippen molar-refractivity contribution in [2.24, 2.45) is 0 Å². The van der Waals surface area contributed by atoms with Gasteiger partial charge in [0.05, 0.1) is 19.8 Å². The van der Waals surface area contributed by atoms with Crippen LogP contribution in [-0.2, 0) is 42.2 Å². The number of hydrogen-bond acceptors (Lipinski definition) is 10. The van der Waals surface area contributed by atoms with Crippen molar-refractivity contribution in [2.75, 3.05) is 26.4 Å². The average Bonchev–Trinajstić information content (AvgIpc) is 3.47. The van der Waals surface area contributed by atoms with Gasteiger partial charge in [0.25, 0.3) is 0 Å². The fourth-order valence-electron chi connectivity index (χ4n) is 9.65.